The molecule has 0 radical (unpaired) electrons. The number of hydrogen-bond acceptors (Lipinski definition) is 7. The fourth-order valence-corrected chi connectivity index (χ4v) is 3.32. The van der Waals surface area contributed by atoms with Crippen LogP contribution in [0.1, 0.15) is 24.3 Å². The van der Waals surface area contributed by atoms with Gasteiger partial charge in [-0.25, -0.2) is 0 Å². The number of aromatic nitrogens is 2. The van der Waals surface area contributed by atoms with Crippen LogP contribution in [0.15, 0.2) is 32.7 Å². The lowest BCUT2D eigenvalue weighted by molar-refractivity contribution is -0.387. The van der Waals surface area contributed by atoms with Crippen LogP contribution in [0.2, 0.25) is 0 Å². The number of benzene rings is 1. The van der Waals surface area contributed by atoms with E-state index in [1.165, 1.54) is 18.9 Å². The van der Waals surface area contributed by atoms with E-state index in [1.807, 2.05) is 6.92 Å². The van der Waals surface area contributed by atoms with Gasteiger partial charge in [-0.1, -0.05) is 6.07 Å². The van der Waals surface area contributed by atoms with Gasteiger partial charge in [-0.2, -0.15) is 0 Å². The number of aryl methyl sites for hydroxylation is 1. The molecule has 1 aromatic heterocycles. The molecule has 8 heteroatoms. The smallest absolute Gasteiger partial charge is 0.283 e. The zero-order chi connectivity index (χ0) is 15.5. The van der Waals surface area contributed by atoms with Crippen molar-refractivity contribution < 1.29 is 9.34 Å². The Morgan fingerprint density at radius 2 is 2.14 bits per heavy atom. The molecule has 0 bridgehead atoms. The van der Waals surface area contributed by atoms with Crippen molar-refractivity contribution in [3.8, 4) is 0 Å². The fraction of sp³-hybridized carbons (Fsp3) is 0.429. The van der Waals surface area contributed by atoms with Gasteiger partial charge in [0.2, 0.25) is 5.89 Å². The van der Waals surface area contributed by atoms with Gasteiger partial charge < -0.3 is 4.42 Å². The average molecular weight is 320 g/mol. The molecule has 7 nitrogen and oxygen atoms in total. The Morgan fingerprint density at radius 1 is 1.36 bits per heavy atom. The molecule has 0 saturated carbocycles. The number of likely N-dealkylation sites (tertiary alicyclic amines) is 1. The summed E-state index contributed by atoms with van der Waals surface area (Å²) in [6.45, 7) is 4.63. The highest BCUT2D eigenvalue weighted by Gasteiger charge is 2.19. The maximum Gasteiger partial charge on any atom is 0.283 e. The quantitative estimate of drug-likeness (QED) is 0.618. The van der Waals surface area contributed by atoms with Crippen molar-refractivity contribution in [1.82, 2.24) is 15.1 Å². The fourth-order valence-electron chi connectivity index (χ4n) is 2.42. The van der Waals surface area contributed by atoms with Gasteiger partial charge in [-0.05, 0) is 56.2 Å². The van der Waals surface area contributed by atoms with Crippen LogP contribution >= 0.6 is 11.8 Å². The van der Waals surface area contributed by atoms with Crippen molar-refractivity contribution in [2.45, 2.75) is 36.4 Å². The number of nitro benzene ring substituents is 1. The Hall–Kier alpha value is -1.93. The zero-order valence-corrected chi connectivity index (χ0v) is 13.0. The minimum atomic E-state index is -0.400. The highest BCUT2D eigenvalue weighted by molar-refractivity contribution is 7.99. The summed E-state index contributed by atoms with van der Waals surface area (Å²) in [4.78, 5) is 13.5. The van der Waals surface area contributed by atoms with E-state index < -0.39 is 4.92 Å². The molecule has 0 atom stereocenters. The van der Waals surface area contributed by atoms with Gasteiger partial charge in [0.1, 0.15) is 0 Å². The largest absolute Gasteiger partial charge is 0.414 e. The molecule has 1 aliphatic heterocycles. The van der Waals surface area contributed by atoms with Crippen molar-refractivity contribution in [3.05, 3.63) is 39.8 Å². The normalized spacial score (nSPS) is 15.3. The zero-order valence-electron chi connectivity index (χ0n) is 12.2. The predicted octanol–water partition coefficient (Wildman–Crippen LogP) is 3.03. The third-order valence-electron chi connectivity index (χ3n) is 3.52. The first-order chi connectivity index (χ1) is 10.6. The third-order valence-corrected chi connectivity index (χ3v) is 4.40. The first-order valence-corrected chi connectivity index (χ1v) is 7.91. The molecule has 2 aromatic rings. The van der Waals surface area contributed by atoms with Crippen molar-refractivity contribution in [3.63, 3.8) is 0 Å². The van der Waals surface area contributed by atoms with Gasteiger partial charge in [-0.15, -0.1) is 10.2 Å². The molecule has 1 aromatic carbocycles. The van der Waals surface area contributed by atoms with Crippen molar-refractivity contribution in [2.24, 2.45) is 0 Å². The Bertz CT molecular complexity index is 682. The molecule has 3 rings (SSSR count). The van der Waals surface area contributed by atoms with E-state index in [2.05, 4.69) is 15.1 Å². The van der Waals surface area contributed by atoms with E-state index in [0.29, 0.717) is 22.6 Å². The van der Waals surface area contributed by atoms with Crippen LogP contribution in [0.5, 0.6) is 0 Å². The lowest BCUT2D eigenvalue weighted by Gasteiger charge is -2.10. The number of nitro groups is 1. The standard InChI is InChI=1S/C14H16N4O3S/c1-10-4-5-11(18(19)20)12(8-10)22-14-16-15-13(21-14)9-17-6-2-3-7-17/h4-5,8H,2-3,6-7,9H2,1H3. The van der Waals surface area contributed by atoms with Crippen LogP contribution < -0.4 is 0 Å². The van der Waals surface area contributed by atoms with E-state index in [9.17, 15) is 10.1 Å². The second kappa shape index (κ2) is 6.45. The number of hydrogen-bond donors (Lipinski definition) is 0. The van der Waals surface area contributed by atoms with E-state index in [0.717, 1.165) is 30.4 Å². The van der Waals surface area contributed by atoms with Crippen LogP contribution in [0.3, 0.4) is 0 Å². The summed E-state index contributed by atoms with van der Waals surface area (Å²) < 4.78 is 5.60. The van der Waals surface area contributed by atoms with Gasteiger partial charge in [0.05, 0.1) is 16.4 Å². The van der Waals surface area contributed by atoms with Crippen LogP contribution in [-0.2, 0) is 6.54 Å². The highest BCUT2D eigenvalue weighted by Crippen LogP contribution is 2.34. The van der Waals surface area contributed by atoms with Crippen LogP contribution in [-0.4, -0.2) is 33.1 Å². The molecule has 2 heterocycles. The Balaban J connectivity index is 1.74. The summed E-state index contributed by atoms with van der Waals surface area (Å²) in [7, 11) is 0. The lowest BCUT2D eigenvalue weighted by Crippen LogP contribution is -2.18. The van der Waals surface area contributed by atoms with E-state index in [1.54, 1.807) is 12.1 Å². The first kappa shape index (κ1) is 15.0. The Morgan fingerprint density at radius 3 is 2.86 bits per heavy atom. The van der Waals surface area contributed by atoms with E-state index >= 15 is 0 Å². The molecule has 0 spiro atoms. The minimum Gasteiger partial charge on any atom is -0.414 e. The molecular weight excluding hydrogens is 304 g/mol. The molecule has 0 unspecified atom stereocenters. The van der Waals surface area contributed by atoms with Gasteiger partial charge >= 0.3 is 0 Å². The van der Waals surface area contributed by atoms with Crippen LogP contribution in [0, 0.1) is 17.0 Å². The van der Waals surface area contributed by atoms with Gasteiger partial charge in [0, 0.05) is 6.07 Å². The highest BCUT2D eigenvalue weighted by atomic mass is 32.2. The van der Waals surface area contributed by atoms with Crippen molar-refractivity contribution in [2.75, 3.05) is 13.1 Å². The Labute approximate surface area is 131 Å². The van der Waals surface area contributed by atoms with E-state index in [-0.39, 0.29) is 5.69 Å². The molecule has 0 N–H and O–H groups in total. The monoisotopic (exact) mass is 320 g/mol. The summed E-state index contributed by atoms with van der Waals surface area (Å²) >= 11 is 1.13. The summed E-state index contributed by atoms with van der Waals surface area (Å²) in [6.07, 6.45) is 2.40. The second-order valence-electron chi connectivity index (χ2n) is 5.28. The lowest BCUT2D eigenvalue weighted by atomic mass is 10.2. The van der Waals surface area contributed by atoms with E-state index in [4.69, 9.17) is 4.42 Å². The maximum absolute atomic E-state index is 11.1. The molecule has 1 saturated heterocycles. The van der Waals surface area contributed by atoms with Gasteiger partial charge in [0.25, 0.3) is 10.9 Å². The molecule has 0 amide bonds. The summed E-state index contributed by atoms with van der Waals surface area (Å²) in [5.74, 6) is 0.555. The summed E-state index contributed by atoms with van der Waals surface area (Å²) in [6, 6.07) is 4.97. The molecule has 0 aliphatic carbocycles. The topological polar surface area (TPSA) is 85.3 Å². The second-order valence-corrected chi connectivity index (χ2v) is 6.27. The first-order valence-electron chi connectivity index (χ1n) is 7.09. The third kappa shape index (κ3) is 3.45. The number of rotatable bonds is 5. The Kier molecular flexibility index (Phi) is 4.39. The molecule has 1 aliphatic rings. The number of nitrogens with zero attached hydrogens (tertiary/aromatic N) is 4. The summed E-state index contributed by atoms with van der Waals surface area (Å²) in [5, 5.41) is 19.4. The van der Waals surface area contributed by atoms with Crippen molar-refractivity contribution >= 4 is 17.4 Å². The van der Waals surface area contributed by atoms with Crippen LogP contribution in [0.25, 0.3) is 0 Å². The van der Waals surface area contributed by atoms with Crippen LogP contribution in [0.4, 0.5) is 5.69 Å². The van der Waals surface area contributed by atoms with Gasteiger partial charge in [0.15, 0.2) is 0 Å². The SMILES string of the molecule is Cc1ccc([N+](=O)[O-])c(Sc2nnc(CN3CCCC3)o2)c1. The molecular formula is C14H16N4O3S. The van der Waals surface area contributed by atoms with Crippen molar-refractivity contribution in [1.29, 1.82) is 0 Å². The molecule has 1 fully saturated rings. The average Bonchev–Trinajstić information content (AvgIpc) is 3.11. The maximum atomic E-state index is 11.1. The predicted molar refractivity (Wildman–Crippen MR) is 80.8 cm³/mol. The summed E-state index contributed by atoms with van der Waals surface area (Å²) in [5.41, 5.74) is 1.000. The minimum absolute atomic E-state index is 0.0508. The van der Waals surface area contributed by atoms with Gasteiger partial charge in [-0.3, -0.25) is 15.0 Å². The molecule has 22 heavy (non-hydrogen) atoms. The molecule has 116 valence electrons.